The first-order chi connectivity index (χ1) is 7.19. The molecule has 16 heavy (non-hydrogen) atoms. The molecule has 0 saturated heterocycles. The monoisotopic (exact) mass is 233 g/mol. The van der Waals surface area contributed by atoms with Crippen LogP contribution in [-0.4, -0.2) is 33.7 Å². The van der Waals surface area contributed by atoms with Crippen molar-refractivity contribution in [2.45, 2.75) is 31.5 Å². The molecular formula is C7H15N5O4. The molecule has 0 bridgehead atoms. The highest BCUT2D eigenvalue weighted by atomic mass is 16.6. The van der Waals surface area contributed by atoms with Gasteiger partial charge in [-0.05, 0) is 6.42 Å². The number of carboxylic acids is 1. The van der Waals surface area contributed by atoms with E-state index in [1.54, 1.807) is 0 Å². The minimum Gasteiger partial charge on any atom is -0.480 e. The molecule has 0 aliphatic carbocycles. The Hall–Kier alpha value is -1.90. The highest BCUT2D eigenvalue weighted by Crippen LogP contribution is 2.19. The second kappa shape index (κ2) is 5.26. The van der Waals surface area contributed by atoms with Crippen molar-refractivity contribution >= 4 is 11.9 Å². The third-order valence-electron chi connectivity index (χ3n) is 2.01. The van der Waals surface area contributed by atoms with Crippen LogP contribution >= 0.6 is 0 Å². The van der Waals surface area contributed by atoms with E-state index in [2.05, 4.69) is 4.99 Å². The molecule has 9 heteroatoms. The topological polar surface area (TPSA) is 171 Å². The van der Waals surface area contributed by atoms with E-state index < -0.39 is 28.6 Å². The average Bonchev–Trinajstić information content (AvgIpc) is 2.12. The highest BCUT2D eigenvalue weighted by molar-refractivity contribution is 5.76. The number of hydrogen-bond acceptors (Lipinski definition) is 5. The van der Waals surface area contributed by atoms with Gasteiger partial charge < -0.3 is 22.3 Å². The number of rotatable bonds is 6. The van der Waals surface area contributed by atoms with E-state index in [1.807, 2.05) is 0 Å². The molecule has 2 atom stereocenters. The number of hydrogen-bond donors (Lipinski definition) is 4. The largest absolute Gasteiger partial charge is 0.480 e. The van der Waals surface area contributed by atoms with Crippen molar-refractivity contribution in [3.05, 3.63) is 10.1 Å². The zero-order chi connectivity index (χ0) is 12.9. The highest BCUT2D eigenvalue weighted by Gasteiger charge is 2.37. The lowest BCUT2D eigenvalue weighted by atomic mass is 10.0. The van der Waals surface area contributed by atoms with Crippen molar-refractivity contribution in [3.8, 4) is 0 Å². The number of guanidine groups is 1. The Balaban J connectivity index is 4.65. The normalized spacial score (nSPS) is 15.9. The van der Waals surface area contributed by atoms with E-state index in [0.29, 0.717) is 0 Å². The van der Waals surface area contributed by atoms with Gasteiger partial charge in [-0.3, -0.25) is 14.9 Å². The van der Waals surface area contributed by atoms with Gasteiger partial charge in [-0.2, -0.15) is 4.99 Å². The van der Waals surface area contributed by atoms with Crippen LogP contribution in [0.3, 0.4) is 0 Å². The maximum atomic E-state index is 10.7. The van der Waals surface area contributed by atoms with E-state index in [-0.39, 0.29) is 12.8 Å². The van der Waals surface area contributed by atoms with E-state index in [0.717, 1.165) is 0 Å². The first-order valence-electron chi connectivity index (χ1n) is 4.42. The second-order valence-corrected chi connectivity index (χ2v) is 3.49. The Morgan fingerprint density at radius 3 is 2.44 bits per heavy atom. The quantitative estimate of drug-likeness (QED) is 0.186. The van der Waals surface area contributed by atoms with Gasteiger partial charge in [0, 0.05) is 13.3 Å². The van der Waals surface area contributed by atoms with Crippen LogP contribution in [0.2, 0.25) is 0 Å². The lowest BCUT2D eigenvalue weighted by Gasteiger charge is -2.17. The standard InChI is InChI=1S/C7H15N5O4/c1-7(12(15)16,11-6(9)10)3-2-4(8)5(13)14/h4H,2-3,8H2,1H3,(H,13,14)(H4,9,10,11)/t4-,7?/m0/s1. The minimum atomic E-state index is -1.74. The van der Waals surface area contributed by atoms with Gasteiger partial charge in [0.2, 0.25) is 0 Å². The van der Waals surface area contributed by atoms with Gasteiger partial charge in [0.05, 0.1) is 4.92 Å². The van der Waals surface area contributed by atoms with Crippen molar-refractivity contribution in [2.24, 2.45) is 22.2 Å². The number of aliphatic imine (C=N–C) groups is 1. The number of carbonyl (C=O) groups is 1. The molecule has 0 rings (SSSR count). The molecule has 0 aliphatic heterocycles. The first-order valence-corrected chi connectivity index (χ1v) is 4.42. The van der Waals surface area contributed by atoms with Crippen molar-refractivity contribution in [2.75, 3.05) is 0 Å². The lowest BCUT2D eigenvalue weighted by molar-refractivity contribution is -0.564. The van der Waals surface area contributed by atoms with E-state index >= 15 is 0 Å². The summed E-state index contributed by atoms with van der Waals surface area (Å²) in [4.78, 5) is 24.0. The van der Waals surface area contributed by atoms with Gasteiger partial charge in [-0.1, -0.05) is 0 Å². The molecule has 7 N–H and O–H groups in total. The Bertz CT molecular complexity index is 314. The SMILES string of the molecule is CC(CC[C@H](N)C(=O)O)(N=C(N)N)[N+](=O)[O-]. The van der Waals surface area contributed by atoms with Gasteiger partial charge >= 0.3 is 11.6 Å². The molecule has 0 heterocycles. The smallest absolute Gasteiger partial charge is 0.320 e. The fourth-order valence-electron chi connectivity index (χ4n) is 1.02. The fraction of sp³-hybridized carbons (Fsp3) is 0.714. The van der Waals surface area contributed by atoms with Crippen LogP contribution in [0.15, 0.2) is 4.99 Å². The van der Waals surface area contributed by atoms with Crippen LogP contribution in [-0.2, 0) is 4.79 Å². The summed E-state index contributed by atoms with van der Waals surface area (Å²) in [5.74, 6) is -1.65. The van der Waals surface area contributed by atoms with Gasteiger partial charge in [0.1, 0.15) is 6.04 Å². The van der Waals surface area contributed by atoms with E-state index in [9.17, 15) is 14.9 Å². The molecule has 0 saturated carbocycles. The molecular weight excluding hydrogens is 218 g/mol. The summed E-state index contributed by atoms with van der Waals surface area (Å²) in [6.07, 6.45) is -0.255. The molecule has 0 amide bonds. The molecule has 0 spiro atoms. The summed E-state index contributed by atoms with van der Waals surface area (Å²) >= 11 is 0. The maximum Gasteiger partial charge on any atom is 0.320 e. The molecule has 1 unspecified atom stereocenters. The number of nitro groups is 1. The lowest BCUT2D eigenvalue weighted by Crippen LogP contribution is -2.40. The van der Waals surface area contributed by atoms with Crippen molar-refractivity contribution in [3.63, 3.8) is 0 Å². The number of aliphatic carboxylic acids is 1. The average molecular weight is 233 g/mol. The molecule has 0 fully saturated rings. The first kappa shape index (κ1) is 14.1. The summed E-state index contributed by atoms with van der Waals surface area (Å²) in [6, 6.07) is -1.17. The molecule has 0 aliphatic rings. The molecule has 0 aromatic heterocycles. The summed E-state index contributed by atoms with van der Waals surface area (Å²) in [6.45, 7) is 1.20. The molecule has 9 nitrogen and oxygen atoms in total. The summed E-state index contributed by atoms with van der Waals surface area (Å²) in [5.41, 5.74) is 13.6. The molecule has 0 aromatic carbocycles. The third kappa shape index (κ3) is 4.09. The van der Waals surface area contributed by atoms with Crippen LogP contribution in [0, 0.1) is 10.1 Å². The molecule has 0 aromatic rings. The van der Waals surface area contributed by atoms with Gasteiger partial charge in [-0.25, -0.2) is 0 Å². The predicted octanol–water partition coefficient (Wildman–Crippen LogP) is -1.56. The van der Waals surface area contributed by atoms with Gasteiger partial charge in [0.25, 0.3) is 0 Å². The zero-order valence-corrected chi connectivity index (χ0v) is 8.79. The maximum absolute atomic E-state index is 10.7. The van der Waals surface area contributed by atoms with Crippen LogP contribution < -0.4 is 17.2 Å². The summed E-state index contributed by atoms with van der Waals surface area (Å²) in [5, 5.41) is 19.3. The van der Waals surface area contributed by atoms with Crippen molar-refractivity contribution in [1.82, 2.24) is 0 Å². The third-order valence-corrected chi connectivity index (χ3v) is 2.01. The van der Waals surface area contributed by atoms with Crippen molar-refractivity contribution in [1.29, 1.82) is 0 Å². The van der Waals surface area contributed by atoms with Gasteiger partial charge in [0.15, 0.2) is 5.96 Å². The van der Waals surface area contributed by atoms with E-state index in [1.165, 1.54) is 6.92 Å². The predicted molar refractivity (Wildman–Crippen MR) is 56.1 cm³/mol. The van der Waals surface area contributed by atoms with Crippen LogP contribution in [0.5, 0.6) is 0 Å². The second-order valence-electron chi connectivity index (χ2n) is 3.49. The summed E-state index contributed by atoms with van der Waals surface area (Å²) in [7, 11) is 0. The Morgan fingerprint density at radius 2 is 2.12 bits per heavy atom. The Labute approximate surface area is 91.5 Å². The number of nitrogens with two attached hydrogens (primary N) is 3. The number of carboxylic acid groups (broad SMARTS) is 1. The van der Waals surface area contributed by atoms with Gasteiger partial charge in [-0.15, -0.1) is 0 Å². The summed E-state index contributed by atoms with van der Waals surface area (Å²) < 4.78 is 0. The van der Waals surface area contributed by atoms with Crippen LogP contribution in [0.25, 0.3) is 0 Å². The Kier molecular flexibility index (Phi) is 4.63. The minimum absolute atomic E-state index is 0.0937. The molecule has 92 valence electrons. The van der Waals surface area contributed by atoms with Crippen LogP contribution in [0.4, 0.5) is 0 Å². The fourth-order valence-corrected chi connectivity index (χ4v) is 1.02. The molecule has 0 radical (unpaired) electrons. The van der Waals surface area contributed by atoms with Crippen molar-refractivity contribution < 1.29 is 14.8 Å². The van der Waals surface area contributed by atoms with E-state index in [4.69, 9.17) is 22.3 Å². The number of nitrogens with zero attached hydrogens (tertiary/aromatic N) is 2. The van der Waals surface area contributed by atoms with Crippen LogP contribution in [0.1, 0.15) is 19.8 Å². The Morgan fingerprint density at radius 1 is 1.62 bits per heavy atom. The zero-order valence-electron chi connectivity index (χ0n) is 8.79.